The van der Waals surface area contributed by atoms with Crippen molar-refractivity contribution in [3.8, 4) is 5.75 Å². The monoisotopic (exact) mass is 490 g/mol. The van der Waals surface area contributed by atoms with Gasteiger partial charge in [-0.1, -0.05) is 55.4 Å². The van der Waals surface area contributed by atoms with E-state index in [9.17, 15) is 4.79 Å². The number of benzene rings is 1. The van der Waals surface area contributed by atoms with Crippen LogP contribution < -0.4 is 10.1 Å². The molecule has 1 aromatic carbocycles. The number of halogens is 1. The van der Waals surface area contributed by atoms with E-state index < -0.39 is 0 Å². The molecule has 2 aromatic rings. The summed E-state index contributed by atoms with van der Waals surface area (Å²) in [6, 6.07) is 5.61. The maximum Gasteiger partial charge on any atom is 0.227 e. The molecule has 1 aromatic heterocycles. The third kappa shape index (κ3) is 4.04. The fourth-order valence-corrected chi connectivity index (χ4v) is 5.08. The van der Waals surface area contributed by atoms with E-state index in [1.807, 2.05) is 22.9 Å². The summed E-state index contributed by atoms with van der Waals surface area (Å²) in [5.41, 5.74) is 2.57. The van der Waals surface area contributed by atoms with E-state index in [0.29, 0.717) is 24.1 Å². The van der Waals surface area contributed by atoms with Crippen LogP contribution in [0.5, 0.6) is 5.75 Å². The van der Waals surface area contributed by atoms with Crippen LogP contribution in [0.2, 0.25) is 0 Å². The first-order valence-corrected chi connectivity index (χ1v) is 12.2. The molecule has 2 aliphatic rings. The molecule has 0 amide bonds. The summed E-state index contributed by atoms with van der Waals surface area (Å²) in [6.07, 6.45) is 2.23. The van der Waals surface area contributed by atoms with Crippen molar-refractivity contribution < 1.29 is 9.53 Å². The Labute approximate surface area is 190 Å². The van der Waals surface area contributed by atoms with Gasteiger partial charge in [-0.3, -0.25) is 4.79 Å². The average Bonchev–Trinajstić information content (AvgIpc) is 3.06. The Morgan fingerprint density at radius 2 is 2.13 bits per heavy atom. The Balaban J connectivity index is 1.90. The van der Waals surface area contributed by atoms with Crippen LogP contribution in [0.25, 0.3) is 0 Å². The Bertz CT molecular complexity index is 1010. The lowest BCUT2D eigenvalue weighted by atomic mass is 9.73. The lowest BCUT2D eigenvalue weighted by Gasteiger charge is -2.38. The second kappa shape index (κ2) is 8.38. The molecule has 30 heavy (non-hydrogen) atoms. The first-order chi connectivity index (χ1) is 14.3. The molecule has 8 heteroatoms. The molecule has 1 atom stereocenters. The zero-order chi connectivity index (χ0) is 21.5. The minimum absolute atomic E-state index is 0.0878. The molecule has 4 rings (SSSR count). The van der Waals surface area contributed by atoms with Crippen LogP contribution >= 0.6 is 27.7 Å². The molecule has 0 bridgehead atoms. The van der Waals surface area contributed by atoms with E-state index in [0.717, 1.165) is 45.7 Å². The number of fused-ring (bicyclic) bond motifs is 1. The number of carbonyl (C=O) groups is 1. The van der Waals surface area contributed by atoms with Gasteiger partial charge < -0.3 is 10.1 Å². The van der Waals surface area contributed by atoms with E-state index in [2.05, 4.69) is 48.9 Å². The third-order valence-electron chi connectivity index (χ3n) is 5.31. The second-order valence-electron chi connectivity index (χ2n) is 8.49. The van der Waals surface area contributed by atoms with Gasteiger partial charge in [0.2, 0.25) is 11.1 Å². The van der Waals surface area contributed by atoms with Crippen molar-refractivity contribution in [2.45, 2.75) is 58.2 Å². The minimum atomic E-state index is -0.358. The number of ether oxygens (including phenoxy) is 1. The molecule has 6 nitrogen and oxygen atoms in total. The number of ketones is 1. The summed E-state index contributed by atoms with van der Waals surface area (Å²) in [4.78, 5) is 18.1. The molecule has 1 aliphatic carbocycles. The molecule has 1 aliphatic heterocycles. The van der Waals surface area contributed by atoms with Gasteiger partial charge in [0.05, 0.1) is 6.61 Å². The first kappa shape index (κ1) is 21.4. The topological polar surface area (TPSA) is 69.0 Å². The maximum atomic E-state index is 13.4. The van der Waals surface area contributed by atoms with Gasteiger partial charge in [-0.05, 0) is 42.2 Å². The summed E-state index contributed by atoms with van der Waals surface area (Å²) < 4.78 is 8.87. The van der Waals surface area contributed by atoms with Gasteiger partial charge in [-0.15, -0.1) is 5.10 Å². The van der Waals surface area contributed by atoms with Gasteiger partial charge in [-0.2, -0.15) is 4.98 Å². The number of nitrogens with zero attached hydrogens (tertiary/aromatic N) is 3. The Morgan fingerprint density at radius 3 is 2.87 bits per heavy atom. The highest BCUT2D eigenvalue weighted by Gasteiger charge is 2.42. The van der Waals surface area contributed by atoms with Crippen molar-refractivity contribution in [1.82, 2.24) is 14.8 Å². The van der Waals surface area contributed by atoms with E-state index in [1.165, 1.54) is 0 Å². The Hall–Kier alpha value is -1.80. The normalized spacial score (nSPS) is 19.9. The quantitative estimate of drug-likeness (QED) is 0.531. The van der Waals surface area contributed by atoms with Crippen molar-refractivity contribution in [1.29, 1.82) is 0 Å². The highest BCUT2D eigenvalue weighted by molar-refractivity contribution is 9.10. The number of carbonyl (C=O) groups excluding carboxylic acids is 1. The SMILES string of the molecule is CCCOc1ccc(Br)cc1C1C2=C(CC(C)(C)CC2=O)Nc2nc(SCC)nn21. The standard InChI is InChI=1S/C22H27BrN4O2S/c1-5-9-29-17-8-7-13(23)10-14(17)19-18-15(11-22(3,4)12-16(18)28)24-20-25-21(30-6-2)26-27(19)20/h7-8,10,19H,5-6,9,11-12H2,1-4H3,(H,24,25,26). The number of Topliss-reactive ketones (excluding diaryl/α,β-unsaturated/α-hetero) is 1. The summed E-state index contributed by atoms with van der Waals surface area (Å²) in [6.45, 7) is 9.06. The molecule has 0 spiro atoms. The van der Waals surface area contributed by atoms with Gasteiger partial charge in [0.1, 0.15) is 11.8 Å². The van der Waals surface area contributed by atoms with Crippen LogP contribution in [0.4, 0.5) is 5.95 Å². The van der Waals surface area contributed by atoms with Crippen molar-refractivity contribution in [3.05, 3.63) is 39.5 Å². The fraction of sp³-hybridized carbons (Fsp3) is 0.500. The van der Waals surface area contributed by atoms with Gasteiger partial charge in [0.25, 0.3) is 0 Å². The van der Waals surface area contributed by atoms with E-state index in [4.69, 9.17) is 14.8 Å². The van der Waals surface area contributed by atoms with Gasteiger partial charge in [0, 0.05) is 27.7 Å². The molecule has 0 fully saturated rings. The number of nitrogens with one attached hydrogen (secondary N) is 1. The van der Waals surface area contributed by atoms with Crippen molar-refractivity contribution in [2.75, 3.05) is 17.7 Å². The van der Waals surface area contributed by atoms with Gasteiger partial charge in [0.15, 0.2) is 5.78 Å². The van der Waals surface area contributed by atoms with Crippen molar-refractivity contribution in [3.63, 3.8) is 0 Å². The molecular formula is C22H27BrN4O2S. The zero-order valence-corrected chi connectivity index (χ0v) is 20.2. The minimum Gasteiger partial charge on any atom is -0.493 e. The number of thioether (sulfide) groups is 1. The van der Waals surface area contributed by atoms with Gasteiger partial charge >= 0.3 is 0 Å². The molecular weight excluding hydrogens is 464 g/mol. The van der Waals surface area contributed by atoms with E-state index in [1.54, 1.807) is 11.8 Å². The third-order valence-corrected chi connectivity index (χ3v) is 6.53. The number of allylic oxidation sites excluding steroid dienone is 2. The first-order valence-electron chi connectivity index (χ1n) is 10.4. The Kier molecular flexibility index (Phi) is 5.99. The predicted octanol–water partition coefficient (Wildman–Crippen LogP) is 5.60. The molecule has 2 heterocycles. The van der Waals surface area contributed by atoms with Crippen molar-refractivity contribution in [2.24, 2.45) is 5.41 Å². The summed E-state index contributed by atoms with van der Waals surface area (Å²) in [7, 11) is 0. The fourth-order valence-electron chi connectivity index (χ4n) is 4.14. The smallest absolute Gasteiger partial charge is 0.227 e. The highest BCUT2D eigenvalue weighted by Crippen LogP contribution is 2.47. The molecule has 160 valence electrons. The maximum absolute atomic E-state index is 13.4. The predicted molar refractivity (Wildman–Crippen MR) is 123 cm³/mol. The lowest BCUT2D eigenvalue weighted by molar-refractivity contribution is -0.118. The lowest BCUT2D eigenvalue weighted by Crippen LogP contribution is -2.36. The number of hydrogen-bond donors (Lipinski definition) is 1. The molecule has 1 unspecified atom stereocenters. The number of rotatable bonds is 6. The van der Waals surface area contributed by atoms with Crippen LogP contribution in [-0.4, -0.2) is 32.9 Å². The van der Waals surface area contributed by atoms with Crippen LogP contribution in [0.3, 0.4) is 0 Å². The van der Waals surface area contributed by atoms with Crippen molar-refractivity contribution >= 4 is 39.4 Å². The molecule has 0 saturated carbocycles. The zero-order valence-electron chi connectivity index (χ0n) is 17.8. The summed E-state index contributed by atoms with van der Waals surface area (Å²) in [5.74, 6) is 2.50. The number of hydrogen-bond acceptors (Lipinski definition) is 6. The largest absolute Gasteiger partial charge is 0.493 e. The molecule has 0 radical (unpaired) electrons. The van der Waals surface area contributed by atoms with E-state index in [-0.39, 0.29) is 17.2 Å². The summed E-state index contributed by atoms with van der Waals surface area (Å²) in [5, 5.41) is 8.89. The van der Waals surface area contributed by atoms with Crippen LogP contribution in [-0.2, 0) is 4.79 Å². The van der Waals surface area contributed by atoms with E-state index >= 15 is 0 Å². The highest BCUT2D eigenvalue weighted by atomic mass is 79.9. The number of anilines is 1. The second-order valence-corrected chi connectivity index (χ2v) is 10.6. The average molecular weight is 491 g/mol. The van der Waals surface area contributed by atoms with Crippen LogP contribution in [0.15, 0.2) is 39.1 Å². The number of aromatic nitrogens is 3. The molecule has 0 saturated heterocycles. The Morgan fingerprint density at radius 1 is 1.33 bits per heavy atom. The van der Waals surface area contributed by atoms with Crippen LogP contribution in [0, 0.1) is 5.41 Å². The summed E-state index contributed by atoms with van der Waals surface area (Å²) >= 11 is 5.19. The van der Waals surface area contributed by atoms with Gasteiger partial charge in [-0.25, -0.2) is 4.68 Å². The molecule has 1 N–H and O–H groups in total. The van der Waals surface area contributed by atoms with Crippen LogP contribution in [0.1, 0.15) is 58.6 Å².